The third-order valence-corrected chi connectivity index (χ3v) is 2.45. The van der Waals surface area contributed by atoms with Crippen molar-refractivity contribution in [2.45, 2.75) is 6.92 Å². The molecule has 1 aromatic heterocycles. The van der Waals surface area contributed by atoms with Gasteiger partial charge in [-0.3, -0.25) is 4.57 Å². The minimum absolute atomic E-state index is 0.335. The zero-order valence-corrected chi connectivity index (χ0v) is 9.72. The Kier molecular flexibility index (Phi) is 2.83. The number of anilines is 1. The van der Waals surface area contributed by atoms with Gasteiger partial charge in [0.05, 0.1) is 11.4 Å². The zero-order chi connectivity index (χ0) is 11.7. The van der Waals surface area contributed by atoms with E-state index in [-0.39, 0.29) is 5.82 Å². The summed E-state index contributed by atoms with van der Waals surface area (Å²) in [6.45, 7) is 1.85. The van der Waals surface area contributed by atoms with Crippen LogP contribution in [0.25, 0.3) is 5.69 Å². The van der Waals surface area contributed by atoms with E-state index in [0.717, 1.165) is 5.69 Å². The number of nitrogens with one attached hydrogen (secondary N) is 1. The Morgan fingerprint density at radius 1 is 1.44 bits per heavy atom. The molecule has 2 rings (SSSR count). The number of benzene rings is 1. The first-order valence-electron chi connectivity index (χ1n) is 4.81. The van der Waals surface area contributed by atoms with Crippen LogP contribution >= 0.6 is 11.6 Å². The minimum Gasteiger partial charge on any atom is -0.358 e. The Balaban J connectivity index is 2.61. The van der Waals surface area contributed by atoms with E-state index >= 15 is 0 Å². The predicted molar refractivity (Wildman–Crippen MR) is 62.8 cm³/mol. The van der Waals surface area contributed by atoms with Crippen LogP contribution in [0.3, 0.4) is 0 Å². The van der Waals surface area contributed by atoms with Crippen LogP contribution in [0, 0.1) is 12.7 Å². The minimum atomic E-state index is -0.335. The maximum Gasteiger partial charge on any atom is 0.207 e. The molecule has 0 aliphatic carbocycles. The molecule has 0 radical (unpaired) electrons. The van der Waals surface area contributed by atoms with Crippen LogP contribution in [-0.4, -0.2) is 16.6 Å². The topological polar surface area (TPSA) is 29.9 Å². The van der Waals surface area contributed by atoms with Gasteiger partial charge in [-0.2, -0.15) is 0 Å². The summed E-state index contributed by atoms with van der Waals surface area (Å²) < 4.78 is 15.3. The van der Waals surface area contributed by atoms with Crippen molar-refractivity contribution >= 4 is 17.5 Å². The van der Waals surface area contributed by atoms with Gasteiger partial charge in [0.15, 0.2) is 0 Å². The normalized spacial score (nSPS) is 10.5. The van der Waals surface area contributed by atoms with E-state index in [0.29, 0.717) is 16.7 Å². The van der Waals surface area contributed by atoms with Crippen LogP contribution in [0.15, 0.2) is 24.4 Å². The first-order chi connectivity index (χ1) is 7.61. The van der Waals surface area contributed by atoms with Crippen LogP contribution < -0.4 is 5.32 Å². The van der Waals surface area contributed by atoms with Crippen molar-refractivity contribution in [3.63, 3.8) is 0 Å². The molecule has 0 aliphatic heterocycles. The van der Waals surface area contributed by atoms with Gasteiger partial charge in [-0.1, -0.05) is 11.6 Å². The fourth-order valence-electron chi connectivity index (χ4n) is 1.53. The molecule has 0 saturated carbocycles. The van der Waals surface area contributed by atoms with Crippen molar-refractivity contribution in [3.8, 4) is 5.69 Å². The fourth-order valence-corrected chi connectivity index (χ4v) is 1.69. The smallest absolute Gasteiger partial charge is 0.207 e. The summed E-state index contributed by atoms with van der Waals surface area (Å²) in [5.41, 5.74) is 1.20. The van der Waals surface area contributed by atoms with Crippen molar-refractivity contribution in [2.75, 3.05) is 12.4 Å². The molecule has 1 aromatic carbocycles. The summed E-state index contributed by atoms with van der Waals surface area (Å²) in [7, 11) is 1.74. The standard InChI is InChI=1S/C11H11ClFN3/c1-7-6-16(11(14-2)15-7)10-5-8(12)3-4-9(10)13/h3-6H,1-2H3,(H,14,15). The maximum absolute atomic E-state index is 13.6. The van der Waals surface area contributed by atoms with E-state index in [1.807, 2.05) is 6.92 Å². The molecule has 0 saturated heterocycles. The van der Waals surface area contributed by atoms with Gasteiger partial charge in [0, 0.05) is 18.3 Å². The molecule has 0 aliphatic rings. The van der Waals surface area contributed by atoms with Crippen LogP contribution in [-0.2, 0) is 0 Å². The van der Waals surface area contributed by atoms with Crippen molar-refractivity contribution in [1.82, 2.24) is 9.55 Å². The first kappa shape index (κ1) is 11.0. The number of rotatable bonds is 2. The van der Waals surface area contributed by atoms with Crippen molar-refractivity contribution in [2.24, 2.45) is 0 Å². The summed E-state index contributed by atoms with van der Waals surface area (Å²) >= 11 is 5.85. The van der Waals surface area contributed by atoms with Gasteiger partial charge in [-0.15, -0.1) is 0 Å². The molecular formula is C11H11ClFN3. The Morgan fingerprint density at radius 3 is 2.88 bits per heavy atom. The summed E-state index contributed by atoms with van der Waals surface area (Å²) in [6.07, 6.45) is 1.75. The number of imidazole rings is 1. The first-order valence-corrected chi connectivity index (χ1v) is 5.19. The maximum atomic E-state index is 13.6. The molecule has 3 nitrogen and oxygen atoms in total. The van der Waals surface area contributed by atoms with Crippen LogP contribution in [0.4, 0.5) is 10.3 Å². The zero-order valence-electron chi connectivity index (χ0n) is 8.96. The number of hydrogen-bond donors (Lipinski definition) is 1. The second-order valence-corrected chi connectivity index (χ2v) is 3.86. The van der Waals surface area contributed by atoms with Crippen molar-refractivity contribution in [3.05, 3.63) is 40.9 Å². The van der Waals surface area contributed by atoms with E-state index in [1.54, 1.807) is 23.9 Å². The molecule has 0 unspecified atom stereocenters. The van der Waals surface area contributed by atoms with Gasteiger partial charge in [-0.25, -0.2) is 9.37 Å². The number of nitrogens with zero attached hydrogens (tertiary/aromatic N) is 2. The van der Waals surface area contributed by atoms with E-state index in [2.05, 4.69) is 10.3 Å². The molecule has 5 heteroatoms. The molecule has 84 valence electrons. The predicted octanol–water partition coefficient (Wildman–Crippen LogP) is 3.01. The van der Waals surface area contributed by atoms with Crippen molar-refractivity contribution in [1.29, 1.82) is 0 Å². The molecule has 1 N–H and O–H groups in total. The highest BCUT2D eigenvalue weighted by Crippen LogP contribution is 2.22. The number of halogens is 2. The summed E-state index contributed by atoms with van der Waals surface area (Å²) in [6, 6.07) is 4.43. The van der Waals surface area contributed by atoms with Gasteiger partial charge >= 0.3 is 0 Å². The lowest BCUT2D eigenvalue weighted by Crippen LogP contribution is -2.02. The number of hydrogen-bond acceptors (Lipinski definition) is 2. The number of aromatic nitrogens is 2. The van der Waals surface area contributed by atoms with Crippen LogP contribution in [0.1, 0.15) is 5.69 Å². The Morgan fingerprint density at radius 2 is 2.19 bits per heavy atom. The average Bonchev–Trinajstić information content (AvgIpc) is 2.63. The third kappa shape index (κ3) is 1.88. The lowest BCUT2D eigenvalue weighted by Gasteiger charge is -2.08. The Hall–Kier alpha value is -1.55. The molecule has 0 fully saturated rings. The average molecular weight is 240 g/mol. The lowest BCUT2D eigenvalue weighted by molar-refractivity contribution is 0.618. The van der Waals surface area contributed by atoms with Crippen LogP contribution in [0.5, 0.6) is 0 Å². The van der Waals surface area contributed by atoms with E-state index < -0.39 is 0 Å². The highest BCUT2D eigenvalue weighted by atomic mass is 35.5. The summed E-state index contributed by atoms with van der Waals surface area (Å²) in [4.78, 5) is 4.22. The van der Waals surface area contributed by atoms with Gasteiger partial charge in [0.25, 0.3) is 0 Å². The molecule has 0 bridgehead atoms. The van der Waals surface area contributed by atoms with E-state index in [1.165, 1.54) is 12.1 Å². The van der Waals surface area contributed by atoms with Gasteiger partial charge in [-0.05, 0) is 25.1 Å². The quantitative estimate of drug-likeness (QED) is 0.873. The van der Waals surface area contributed by atoms with E-state index in [9.17, 15) is 4.39 Å². The molecule has 0 atom stereocenters. The SMILES string of the molecule is CNc1nc(C)cn1-c1cc(Cl)ccc1F. The molecule has 16 heavy (non-hydrogen) atoms. The molecule has 0 spiro atoms. The summed E-state index contributed by atoms with van der Waals surface area (Å²) in [5, 5.41) is 3.39. The second-order valence-electron chi connectivity index (χ2n) is 3.42. The van der Waals surface area contributed by atoms with Gasteiger partial charge in [0.1, 0.15) is 5.82 Å². The largest absolute Gasteiger partial charge is 0.358 e. The monoisotopic (exact) mass is 239 g/mol. The molecule has 2 aromatic rings. The molecule has 1 heterocycles. The van der Waals surface area contributed by atoms with Gasteiger partial charge in [0.2, 0.25) is 5.95 Å². The van der Waals surface area contributed by atoms with E-state index in [4.69, 9.17) is 11.6 Å². The highest BCUT2D eigenvalue weighted by Gasteiger charge is 2.10. The van der Waals surface area contributed by atoms with Crippen LogP contribution in [0.2, 0.25) is 5.02 Å². The van der Waals surface area contributed by atoms with Crippen molar-refractivity contribution < 1.29 is 4.39 Å². The molecule has 0 amide bonds. The summed E-state index contributed by atoms with van der Waals surface area (Å²) in [5.74, 6) is 0.247. The highest BCUT2D eigenvalue weighted by molar-refractivity contribution is 6.30. The molecular weight excluding hydrogens is 229 g/mol. The second kappa shape index (κ2) is 4.14. The number of aryl methyl sites for hydroxylation is 1. The van der Waals surface area contributed by atoms with Gasteiger partial charge < -0.3 is 5.32 Å². The fraction of sp³-hybridized carbons (Fsp3) is 0.182. The third-order valence-electron chi connectivity index (χ3n) is 2.22. The Bertz CT molecular complexity index is 522. The Labute approximate surface area is 97.9 Å². The lowest BCUT2D eigenvalue weighted by atomic mass is 10.3.